The van der Waals surface area contributed by atoms with Crippen LogP contribution in [0.5, 0.6) is 0 Å². The summed E-state index contributed by atoms with van der Waals surface area (Å²) in [4.78, 5) is 57.3. The topological polar surface area (TPSA) is 122 Å². The number of hydrogen-bond acceptors (Lipinski definition) is 7. The second-order valence-electron chi connectivity index (χ2n) is 15.4. The Kier molecular flexibility index (Phi) is 9.50. The van der Waals surface area contributed by atoms with Gasteiger partial charge in [0.2, 0.25) is 11.8 Å². The van der Waals surface area contributed by atoms with E-state index in [9.17, 15) is 23.6 Å². The molecule has 0 spiro atoms. The van der Waals surface area contributed by atoms with E-state index in [4.69, 9.17) is 9.47 Å². The fourth-order valence-electron chi connectivity index (χ4n) is 8.28. The van der Waals surface area contributed by atoms with Gasteiger partial charge in [0.05, 0.1) is 11.6 Å². The average molecular weight is 668 g/mol. The number of fused-ring (bicyclic) bond motifs is 3. The molecule has 0 radical (unpaired) electrons. The van der Waals surface area contributed by atoms with E-state index < -0.39 is 36.2 Å². The Morgan fingerprint density at radius 3 is 2.40 bits per heavy atom. The number of carbonyl (C=O) groups excluding carboxylic acids is 4. The molecule has 262 valence electrons. The van der Waals surface area contributed by atoms with Crippen LogP contribution in [0.15, 0.2) is 24.3 Å². The van der Waals surface area contributed by atoms with Gasteiger partial charge in [0.25, 0.3) is 0 Å². The summed E-state index contributed by atoms with van der Waals surface area (Å²) in [5.74, 6) is -0.968. The number of likely N-dealkylation sites (tertiary alicyclic amines) is 2. The lowest BCUT2D eigenvalue weighted by Crippen LogP contribution is -2.55. The SMILES string of the molecule is CC(C)(C)OC(=O)N[C@H](CF)C1CCC(C(=O)N2CCC(N3CCCCC3)[C@H]2C(=O)Nc2ccc3c(c2)cc2n3C(C)(C)OC2=O)CC1. The van der Waals surface area contributed by atoms with E-state index in [0.717, 1.165) is 43.3 Å². The van der Waals surface area contributed by atoms with Crippen LogP contribution in [0.2, 0.25) is 0 Å². The summed E-state index contributed by atoms with van der Waals surface area (Å²) in [5.41, 5.74) is 0.447. The predicted molar refractivity (Wildman–Crippen MR) is 179 cm³/mol. The number of ether oxygens (including phenoxy) is 2. The van der Waals surface area contributed by atoms with Crippen LogP contribution < -0.4 is 10.6 Å². The van der Waals surface area contributed by atoms with Gasteiger partial charge in [-0.3, -0.25) is 19.1 Å². The standard InChI is InChI=1S/C36H50FN5O6/c1-35(2,3)48-34(46)39-26(21-37)22-9-11-23(12-10-22)32(44)41-18-15-28(40-16-7-6-8-17-40)30(41)31(43)38-25-13-14-27-24(19-25)20-29-33(45)47-36(4,5)42(27)29/h13-14,19-20,22-23,26,28,30H,6-12,15-18,21H2,1-5H3,(H,38,43)(H,39,46)/t22?,23?,26-,28?,30+/m1/s1. The molecule has 3 atom stereocenters. The van der Waals surface area contributed by atoms with Crippen LogP contribution in [-0.2, 0) is 24.8 Å². The Bertz CT molecular complexity index is 1550. The molecule has 1 saturated carbocycles. The number of cyclic esters (lactones) is 1. The largest absolute Gasteiger partial charge is 0.444 e. The quantitative estimate of drug-likeness (QED) is 0.371. The summed E-state index contributed by atoms with van der Waals surface area (Å²) in [6.45, 7) is 10.6. The molecule has 3 fully saturated rings. The van der Waals surface area contributed by atoms with Crippen molar-refractivity contribution < 1.29 is 33.0 Å². The molecule has 3 aliphatic heterocycles. The van der Waals surface area contributed by atoms with Crippen molar-refractivity contribution in [2.45, 2.75) is 115 Å². The summed E-state index contributed by atoms with van der Waals surface area (Å²) in [7, 11) is 0. The monoisotopic (exact) mass is 667 g/mol. The first kappa shape index (κ1) is 34.2. The zero-order chi connectivity index (χ0) is 34.4. The zero-order valence-electron chi connectivity index (χ0n) is 28.9. The highest BCUT2D eigenvalue weighted by Gasteiger charge is 2.47. The first-order chi connectivity index (χ1) is 22.8. The van der Waals surface area contributed by atoms with Crippen molar-refractivity contribution in [1.29, 1.82) is 0 Å². The van der Waals surface area contributed by atoms with Gasteiger partial charge < -0.3 is 25.0 Å². The summed E-state index contributed by atoms with van der Waals surface area (Å²) in [6.07, 6.45) is 5.76. The molecule has 6 rings (SSSR count). The van der Waals surface area contributed by atoms with Gasteiger partial charge in [0, 0.05) is 29.6 Å². The number of amides is 3. The van der Waals surface area contributed by atoms with Crippen LogP contribution in [0.25, 0.3) is 10.9 Å². The number of esters is 1. The van der Waals surface area contributed by atoms with Crippen molar-refractivity contribution in [2.75, 3.05) is 31.6 Å². The zero-order valence-corrected chi connectivity index (χ0v) is 28.9. The number of benzene rings is 1. The van der Waals surface area contributed by atoms with Gasteiger partial charge in [-0.15, -0.1) is 0 Å². The lowest BCUT2D eigenvalue weighted by molar-refractivity contribution is -0.142. The summed E-state index contributed by atoms with van der Waals surface area (Å²) < 4.78 is 26.8. The van der Waals surface area contributed by atoms with Crippen LogP contribution in [0.3, 0.4) is 0 Å². The van der Waals surface area contributed by atoms with E-state index in [1.807, 2.05) is 36.6 Å². The third-order valence-electron chi connectivity index (χ3n) is 10.5. The molecular weight excluding hydrogens is 617 g/mol. The first-order valence-corrected chi connectivity index (χ1v) is 17.6. The molecule has 4 aliphatic rings. The number of anilines is 1. The van der Waals surface area contributed by atoms with E-state index in [1.54, 1.807) is 31.7 Å². The molecule has 3 amide bonds. The molecule has 1 aliphatic carbocycles. The summed E-state index contributed by atoms with van der Waals surface area (Å²) >= 11 is 0. The minimum Gasteiger partial charge on any atom is -0.444 e. The third-order valence-corrected chi connectivity index (χ3v) is 10.5. The average Bonchev–Trinajstić information content (AvgIpc) is 3.71. The molecule has 2 aromatic rings. The number of hydrogen-bond donors (Lipinski definition) is 2. The van der Waals surface area contributed by atoms with Crippen LogP contribution in [0.1, 0.15) is 96.5 Å². The predicted octanol–water partition coefficient (Wildman–Crippen LogP) is 5.57. The number of rotatable bonds is 7. The molecule has 2 saturated heterocycles. The van der Waals surface area contributed by atoms with E-state index >= 15 is 0 Å². The molecule has 0 bridgehead atoms. The third kappa shape index (κ3) is 6.91. The molecule has 11 nitrogen and oxygen atoms in total. The highest BCUT2D eigenvalue weighted by atomic mass is 19.1. The van der Waals surface area contributed by atoms with Gasteiger partial charge in [-0.2, -0.15) is 0 Å². The Balaban J connectivity index is 1.16. The normalized spacial score (nSPS) is 26.5. The fraction of sp³-hybridized carbons (Fsp3) is 0.667. The van der Waals surface area contributed by atoms with Crippen molar-refractivity contribution >= 4 is 40.5 Å². The maximum atomic E-state index is 14.2. The second kappa shape index (κ2) is 13.3. The molecule has 2 N–H and O–H groups in total. The number of alkyl carbamates (subject to hydrolysis) is 1. The minimum absolute atomic E-state index is 0.0231. The van der Waals surface area contributed by atoms with E-state index in [0.29, 0.717) is 43.6 Å². The Labute approximate surface area is 281 Å². The van der Waals surface area contributed by atoms with Crippen LogP contribution in [-0.4, -0.2) is 88.3 Å². The molecular formula is C36H50FN5O6. The molecule has 12 heteroatoms. The Hall–Kier alpha value is -3.67. The number of nitrogens with one attached hydrogen (secondary N) is 2. The summed E-state index contributed by atoms with van der Waals surface area (Å²) in [5, 5.41) is 6.63. The van der Waals surface area contributed by atoms with E-state index in [2.05, 4.69) is 15.5 Å². The van der Waals surface area contributed by atoms with Crippen molar-refractivity contribution in [2.24, 2.45) is 11.8 Å². The van der Waals surface area contributed by atoms with Crippen molar-refractivity contribution in [3.63, 3.8) is 0 Å². The highest BCUT2D eigenvalue weighted by molar-refractivity contribution is 6.02. The van der Waals surface area contributed by atoms with Crippen molar-refractivity contribution in [3.05, 3.63) is 30.0 Å². The summed E-state index contributed by atoms with van der Waals surface area (Å²) in [6, 6.07) is 6.00. The number of halogens is 1. The highest BCUT2D eigenvalue weighted by Crippen LogP contribution is 2.38. The van der Waals surface area contributed by atoms with Crippen LogP contribution >= 0.6 is 0 Å². The van der Waals surface area contributed by atoms with Crippen LogP contribution in [0.4, 0.5) is 14.9 Å². The van der Waals surface area contributed by atoms with Crippen LogP contribution in [0, 0.1) is 11.8 Å². The second-order valence-corrected chi connectivity index (χ2v) is 15.4. The molecule has 1 aromatic carbocycles. The van der Waals surface area contributed by atoms with Gasteiger partial charge in [0.15, 0.2) is 5.72 Å². The van der Waals surface area contributed by atoms with Gasteiger partial charge in [0.1, 0.15) is 24.0 Å². The number of alkyl halides is 1. The van der Waals surface area contributed by atoms with E-state index in [-0.39, 0.29) is 35.7 Å². The number of nitrogens with zero attached hydrogens (tertiary/aromatic N) is 3. The first-order valence-electron chi connectivity index (χ1n) is 17.6. The Morgan fingerprint density at radius 1 is 1.02 bits per heavy atom. The van der Waals surface area contributed by atoms with Crippen molar-refractivity contribution in [3.8, 4) is 0 Å². The fourth-order valence-corrected chi connectivity index (χ4v) is 8.28. The number of aromatic nitrogens is 1. The lowest BCUT2D eigenvalue weighted by Gasteiger charge is -2.38. The minimum atomic E-state index is -0.800. The smallest absolute Gasteiger partial charge is 0.407 e. The maximum absolute atomic E-state index is 14.2. The number of carbonyl (C=O) groups is 4. The maximum Gasteiger partial charge on any atom is 0.407 e. The Morgan fingerprint density at radius 2 is 1.73 bits per heavy atom. The molecule has 4 heterocycles. The van der Waals surface area contributed by atoms with Gasteiger partial charge in [-0.25, -0.2) is 14.0 Å². The van der Waals surface area contributed by atoms with E-state index in [1.165, 1.54) is 6.42 Å². The molecule has 48 heavy (non-hydrogen) atoms. The lowest BCUT2D eigenvalue weighted by atomic mass is 9.78. The van der Waals surface area contributed by atoms with Gasteiger partial charge >= 0.3 is 12.1 Å². The molecule has 1 aromatic heterocycles. The van der Waals surface area contributed by atoms with Crippen molar-refractivity contribution in [1.82, 2.24) is 19.7 Å². The van der Waals surface area contributed by atoms with Gasteiger partial charge in [-0.05, 0) is 123 Å². The van der Waals surface area contributed by atoms with Gasteiger partial charge in [-0.1, -0.05) is 6.42 Å². The molecule has 1 unspecified atom stereocenters. The number of piperidine rings is 1.